The number of imide groups is 1. The summed E-state index contributed by atoms with van der Waals surface area (Å²) in [5.41, 5.74) is 0.472. The van der Waals surface area contributed by atoms with Crippen LogP contribution in [0.5, 0.6) is 0 Å². The lowest BCUT2D eigenvalue weighted by Crippen LogP contribution is -2.33. The minimum atomic E-state index is -0.478. The topological polar surface area (TPSA) is 37.4 Å². The SMILES string of the molecule is CN(C(=O)C=S)C(=O)c1ccccc1. The highest BCUT2D eigenvalue weighted by Gasteiger charge is 2.15. The van der Waals surface area contributed by atoms with Gasteiger partial charge in [-0.1, -0.05) is 30.4 Å². The maximum absolute atomic E-state index is 11.6. The van der Waals surface area contributed by atoms with Crippen molar-refractivity contribution in [3.05, 3.63) is 35.9 Å². The molecule has 0 aliphatic carbocycles. The van der Waals surface area contributed by atoms with Crippen LogP contribution in [0.25, 0.3) is 0 Å². The van der Waals surface area contributed by atoms with Gasteiger partial charge in [0.25, 0.3) is 11.8 Å². The van der Waals surface area contributed by atoms with Crippen molar-refractivity contribution in [1.29, 1.82) is 0 Å². The molecule has 0 heterocycles. The second-order valence-electron chi connectivity index (χ2n) is 2.69. The zero-order valence-electron chi connectivity index (χ0n) is 7.64. The molecule has 2 amide bonds. The maximum Gasteiger partial charge on any atom is 0.263 e. The third-order valence-corrected chi connectivity index (χ3v) is 1.96. The van der Waals surface area contributed by atoms with Gasteiger partial charge in [-0.3, -0.25) is 14.5 Å². The van der Waals surface area contributed by atoms with E-state index in [1.807, 2.05) is 0 Å². The second-order valence-corrected chi connectivity index (χ2v) is 2.92. The van der Waals surface area contributed by atoms with Gasteiger partial charge in [-0.05, 0) is 12.1 Å². The second kappa shape index (κ2) is 4.62. The molecule has 0 saturated carbocycles. The number of benzene rings is 1. The van der Waals surface area contributed by atoms with Crippen LogP contribution in [0.2, 0.25) is 0 Å². The molecule has 0 unspecified atom stereocenters. The fourth-order valence-corrected chi connectivity index (χ4v) is 1.11. The fraction of sp³-hybridized carbons (Fsp3) is 0.100. The normalized spacial score (nSPS) is 9.21. The van der Waals surface area contributed by atoms with Crippen molar-refractivity contribution in [3.8, 4) is 0 Å². The first-order valence-corrected chi connectivity index (χ1v) is 4.46. The molecule has 0 radical (unpaired) electrons. The quantitative estimate of drug-likeness (QED) is 0.686. The van der Waals surface area contributed by atoms with Crippen LogP contribution in [0.1, 0.15) is 10.4 Å². The summed E-state index contributed by atoms with van der Waals surface area (Å²) in [5.74, 6) is -0.828. The minimum absolute atomic E-state index is 0.350. The maximum atomic E-state index is 11.6. The summed E-state index contributed by atoms with van der Waals surface area (Å²) in [4.78, 5) is 23.6. The lowest BCUT2D eigenvalue weighted by molar-refractivity contribution is -0.120. The van der Waals surface area contributed by atoms with Crippen LogP contribution in [0.15, 0.2) is 30.3 Å². The number of amides is 2. The Balaban J connectivity index is 2.86. The van der Waals surface area contributed by atoms with Gasteiger partial charge in [0.1, 0.15) is 0 Å². The van der Waals surface area contributed by atoms with Crippen LogP contribution in [0.4, 0.5) is 0 Å². The first-order chi connectivity index (χ1) is 6.66. The van der Waals surface area contributed by atoms with Crippen molar-refractivity contribution >= 4 is 29.4 Å². The van der Waals surface area contributed by atoms with E-state index in [1.54, 1.807) is 30.3 Å². The first kappa shape index (κ1) is 10.5. The number of hydrogen-bond acceptors (Lipinski definition) is 3. The van der Waals surface area contributed by atoms with E-state index in [0.29, 0.717) is 5.56 Å². The van der Waals surface area contributed by atoms with E-state index < -0.39 is 5.91 Å². The van der Waals surface area contributed by atoms with E-state index in [2.05, 4.69) is 12.2 Å². The molecule has 4 heteroatoms. The highest BCUT2D eigenvalue weighted by Crippen LogP contribution is 2.02. The number of nitrogens with zero attached hydrogens (tertiary/aromatic N) is 1. The summed E-state index contributed by atoms with van der Waals surface area (Å²) < 4.78 is 0. The number of rotatable bonds is 2. The molecule has 0 spiro atoms. The van der Waals surface area contributed by atoms with Gasteiger partial charge in [0, 0.05) is 12.6 Å². The molecule has 1 aromatic carbocycles. The Bertz CT molecular complexity index is 362. The summed E-state index contributed by atoms with van der Waals surface area (Å²) in [6.45, 7) is 0. The molecule has 0 bridgehead atoms. The Hall–Kier alpha value is -1.55. The van der Waals surface area contributed by atoms with E-state index >= 15 is 0 Å². The van der Waals surface area contributed by atoms with E-state index in [4.69, 9.17) is 0 Å². The first-order valence-electron chi connectivity index (χ1n) is 3.99. The summed E-state index contributed by atoms with van der Waals surface area (Å²) in [7, 11) is 1.40. The molecule has 0 aromatic heterocycles. The molecule has 14 heavy (non-hydrogen) atoms. The van der Waals surface area contributed by atoms with Crippen molar-refractivity contribution in [3.63, 3.8) is 0 Å². The van der Waals surface area contributed by atoms with Gasteiger partial charge in [-0.15, -0.1) is 0 Å². The number of carbonyl (C=O) groups excluding carboxylic acids is 2. The van der Waals surface area contributed by atoms with E-state index in [-0.39, 0.29) is 5.91 Å². The van der Waals surface area contributed by atoms with Crippen LogP contribution < -0.4 is 0 Å². The largest absolute Gasteiger partial charge is 0.277 e. The van der Waals surface area contributed by atoms with Crippen LogP contribution >= 0.6 is 12.2 Å². The lowest BCUT2D eigenvalue weighted by Gasteiger charge is -2.11. The molecule has 0 N–H and O–H groups in total. The highest BCUT2D eigenvalue weighted by atomic mass is 32.1. The third-order valence-electron chi connectivity index (χ3n) is 1.76. The Morgan fingerprint density at radius 2 is 1.86 bits per heavy atom. The van der Waals surface area contributed by atoms with Crippen LogP contribution in [-0.2, 0) is 4.79 Å². The van der Waals surface area contributed by atoms with Crippen molar-refractivity contribution in [2.24, 2.45) is 0 Å². The Labute approximate surface area is 87.3 Å². The van der Waals surface area contributed by atoms with Gasteiger partial charge in [0.15, 0.2) is 0 Å². The van der Waals surface area contributed by atoms with Crippen molar-refractivity contribution in [1.82, 2.24) is 4.90 Å². The molecule has 0 atom stereocenters. The summed E-state index contributed by atoms with van der Waals surface area (Å²) in [6, 6.07) is 8.58. The molecule has 3 nitrogen and oxygen atoms in total. The standard InChI is InChI=1S/C10H9NO2S/c1-11(9(12)7-14)10(13)8-5-3-2-4-6-8/h2-7H,1H3. The predicted molar refractivity (Wildman–Crippen MR) is 57.2 cm³/mol. The van der Waals surface area contributed by atoms with Crippen molar-refractivity contribution in [2.75, 3.05) is 7.05 Å². The average molecular weight is 207 g/mol. The van der Waals surface area contributed by atoms with Crippen LogP contribution in [0, 0.1) is 0 Å². The Kier molecular flexibility index (Phi) is 3.48. The highest BCUT2D eigenvalue weighted by molar-refractivity contribution is 7.80. The average Bonchev–Trinajstić information content (AvgIpc) is 2.27. The van der Waals surface area contributed by atoms with Gasteiger partial charge in [0.2, 0.25) is 0 Å². The summed E-state index contributed by atoms with van der Waals surface area (Å²) in [6.07, 6.45) is 0. The van der Waals surface area contributed by atoms with Crippen molar-refractivity contribution in [2.45, 2.75) is 0 Å². The lowest BCUT2D eigenvalue weighted by atomic mass is 10.2. The van der Waals surface area contributed by atoms with Gasteiger partial charge < -0.3 is 0 Å². The number of thiocarbonyl (C=S) groups is 1. The van der Waals surface area contributed by atoms with Crippen LogP contribution in [0.3, 0.4) is 0 Å². The smallest absolute Gasteiger partial charge is 0.263 e. The molecule has 0 fully saturated rings. The van der Waals surface area contributed by atoms with Crippen LogP contribution in [-0.4, -0.2) is 29.1 Å². The molecule has 0 aliphatic rings. The number of hydrogen-bond donors (Lipinski definition) is 0. The molecule has 1 rings (SSSR count). The monoisotopic (exact) mass is 207 g/mol. The Morgan fingerprint density at radius 3 is 2.36 bits per heavy atom. The summed E-state index contributed by atoms with van der Waals surface area (Å²) >= 11 is 4.45. The van der Waals surface area contributed by atoms with Gasteiger partial charge >= 0.3 is 0 Å². The molecule has 0 saturated heterocycles. The van der Waals surface area contributed by atoms with E-state index in [9.17, 15) is 9.59 Å². The van der Waals surface area contributed by atoms with Crippen molar-refractivity contribution < 1.29 is 9.59 Å². The Morgan fingerprint density at radius 1 is 1.29 bits per heavy atom. The molecular formula is C10H9NO2S. The molecule has 1 aromatic rings. The third kappa shape index (κ3) is 2.23. The zero-order chi connectivity index (χ0) is 10.6. The number of carbonyl (C=O) groups is 2. The zero-order valence-corrected chi connectivity index (χ0v) is 8.45. The van der Waals surface area contributed by atoms with E-state index in [0.717, 1.165) is 10.3 Å². The predicted octanol–water partition coefficient (Wildman–Crippen LogP) is 1.28. The van der Waals surface area contributed by atoms with Gasteiger partial charge in [0.05, 0.1) is 5.37 Å². The van der Waals surface area contributed by atoms with Gasteiger partial charge in [-0.25, -0.2) is 0 Å². The van der Waals surface area contributed by atoms with Gasteiger partial charge in [-0.2, -0.15) is 0 Å². The summed E-state index contributed by atoms with van der Waals surface area (Å²) in [5, 5.41) is 0.945. The minimum Gasteiger partial charge on any atom is -0.277 e. The molecule has 0 aliphatic heterocycles. The molecular weight excluding hydrogens is 198 g/mol. The van der Waals surface area contributed by atoms with E-state index in [1.165, 1.54) is 7.05 Å². The molecule has 72 valence electrons. The fourth-order valence-electron chi connectivity index (χ4n) is 0.954.